The maximum absolute atomic E-state index is 12.4. The van der Waals surface area contributed by atoms with Crippen LogP contribution in [0.25, 0.3) is 31.2 Å². The Hall–Kier alpha value is -5.43. The number of carboxylic acids is 1. The molecule has 12 heteroatoms. The van der Waals surface area contributed by atoms with Gasteiger partial charge in [0.05, 0.1) is 16.7 Å². The number of thiophene rings is 2. The van der Waals surface area contributed by atoms with Gasteiger partial charge in [0.2, 0.25) is 0 Å². The molecule has 4 aromatic carbocycles. The molecule has 6 rings (SSSR count). The monoisotopic (exact) mass is 670 g/mol. The summed E-state index contributed by atoms with van der Waals surface area (Å²) in [6.07, 6.45) is -1.21. The molecule has 0 aliphatic rings. The number of nitrogens with one attached hydrogen (secondary N) is 1. The van der Waals surface area contributed by atoms with Gasteiger partial charge in [-0.15, -0.1) is 12.4 Å². The number of phenolic OH excluding ortho intramolecular Hbond substituents is 1. The lowest BCUT2D eigenvalue weighted by atomic mass is 10.1. The lowest BCUT2D eigenvalue weighted by Crippen LogP contribution is -2.26. The van der Waals surface area contributed by atoms with Crippen molar-refractivity contribution in [1.29, 1.82) is 0 Å². The maximum Gasteiger partial charge on any atom is 0.339 e. The first-order chi connectivity index (χ1) is 21.7. The number of hydrogen-bond acceptors (Lipinski definition) is 7. The minimum atomic E-state index is -1.12. The fraction of sp³-hybridized carbons (Fsp3) is 0.0588. The molecular weight excluding hydrogens is 644 g/mol. The molecule has 0 spiro atoms. The molecule has 2 heterocycles. The van der Waals surface area contributed by atoms with E-state index in [2.05, 4.69) is 15.0 Å². The molecule has 2 unspecified atom stereocenters. The number of aromatic hydroxyl groups is 2. The second kappa shape index (κ2) is 16.6. The summed E-state index contributed by atoms with van der Waals surface area (Å²) in [7, 11) is 0. The van der Waals surface area contributed by atoms with E-state index in [4.69, 9.17) is 24.0 Å². The topological polar surface area (TPSA) is 142 Å². The van der Waals surface area contributed by atoms with Crippen molar-refractivity contribution < 1.29 is 24.9 Å². The molecule has 232 valence electrons. The van der Waals surface area contributed by atoms with Crippen LogP contribution in [-0.4, -0.2) is 27.2 Å². The number of benzene rings is 4. The molecule has 0 saturated carbocycles. The van der Waals surface area contributed by atoms with Gasteiger partial charge in [0.15, 0.2) is 0 Å². The molecule has 0 radical (unpaired) electrons. The third kappa shape index (κ3) is 8.82. The zero-order valence-corrected chi connectivity index (χ0v) is 26.4. The van der Waals surface area contributed by atoms with Crippen molar-refractivity contribution in [2.45, 2.75) is 12.3 Å². The number of fused-ring (bicyclic) bond motifs is 2. The van der Waals surface area contributed by atoms with Crippen LogP contribution < -0.4 is 11.1 Å². The highest BCUT2D eigenvalue weighted by atomic mass is 35.5. The van der Waals surface area contributed by atoms with Crippen molar-refractivity contribution in [2.24, 2.45) is 5.73 Å². The van der Waals surface area contributed by atoms with Crippen molar-refractivity contribution >= 4 is 68.5 Å². The number of carboxylic acid groups (broad SMARTS) is 1. The first-order valence-electron chi connectivity index (χ1n) is 13.2. The van der Waals surface area contributed by atoms with E-state index in [1.807, 2.05) is 70.1 Å². The molecule has 0 aliphatic heterocycles. The number of nitrogens with two attached hydrogens (primary N) is 1. The Morgan fingerprint density at radius 1 is 0.717 bits per heavy atom. The van der Waals surface area contributed by atoms with Gasteiger partial charge in [-0.3, -0.25) is 25.5 Å². The highest BCUT2D eigenvalue weighted by molar-refractivity contribution is 7.08. The van der Waals surface area contributed by atoms with E-state index in [-0.39, 0.29) is 35.0 Å². The van der Waals surface area contributed by atoms with Gasteiger partial charge in [0.25, 0.3) is 5.91 Å². The summed E-state index contributed by atoms with van der Waals surface area (Å²) in [6.45, 7) is 13.8. The average molecular weight is 671 g/mol. The number of carbonyl (C=O) groups excluding carboxylic acids is 1. The standard InChI is InChI=1S/C17H12N2O2S.C11H8O3.C6H6N2S.ClH/c1-18-16(13-6-7-22-10-13)19-17(21)14-8-11-4-2-3-5-12(11)9-15(14)20;12-10-6-8-4-2-1-3-7(8)5-9(10)11(13)14;1-8-6(7)5-2-3-9-4-5;/h2-10,16,20H,(H,19,21);1-6,12H,(H,13,14);2-4,6H,7H2;1H. The van der Waals surface area contributed by atoms with Crippen LogP contribution in [0.3, 0.4) is 0 Å². The molecule has 46 heavy (non-hydrogen) atoms. The summed E-state index contributed by atoms with van der Waals surface area (Å²) in [6, 6.07) is 24.5. The van der Waals surface area contributed by atoms with Gasteiger partial charge in [-0.05, 0) is 68.7 Å². The third-order valence-electron chi connectivity index (χ3n) is 6.48. The van der Waals surface area contributed by atoms with Crippen LogP contribution in [0, 0.1) is 13.1 Å². The molecule has 6 N–H and O–H groups in total. The van der Waals surface area contributed by atoms with Gasteiger partial charge < -0.3 is 15.3 Å². The molecule has 0 saturated heterocycles. The number of hydrogen-bond donors (Lipinski definition) is 5. The summed E-state index contributed by atoms with van der Waals surface area (Å²) in [5.41, 5.74) is 7.15. The van der Waals surface area contributed by atoms with Crippen molar-refractivity contribution in [3.05, 3.63) is 152 Å². The minimum Gasteiger partial charge on any atom is -0.507 e. The van der Waals surface area contributed by atoms with Gasteiger partial charge in [-0.25, -0.2) is 17.9 Å². The Kier molecular flexibility index (Phi) is 12.6. The molecule has 9 nitrogen and oxygen atoms in total. The van der Waals surface area contributed by atoms with Gasteiger partial charge in [-0.1, -0.05) is 48.5 Å². The summed E-state index contributed by atoms with van der Waals surface area (Å²) in [5, 5.41) is 41.7. The van der Waals surface area contributed by atoms with Crippen LogP contribution in [0.15, 0.2) is 106 Å². The quantitative estimate of drug-likeness (QED) is 0.117. The first-order valence-corrected chi connectivity index (χ1v) is 15.1. The highest BCUT2D eigenvalue weighted by Crippen LogP contribution is 2.27. The Morgan fingerprint density at radius 3 is 1.61 bits per heavy atom. The Balaban J connectivity index is 0.000000205. The fourth-order valence-corrected chi connectivity index (χ4v) is 5.52. The van der Waals surface area contributed by atoms with Gasteiger partial charge in [0, 0.05) is 10.8 Å². The first kappa shape index (κ1) is 35.1. The summed E-state index contributed by atoms with van der Waals surface area (Å²) < 4.78 is 0. The molecule has 0 fully saturated rings. The summed E-state index contributed by atoms with van der Waals surface area (Å²) in [4.78, 5) is 29.7. The van der Waals surface area contributed by atoms with Crippen molar-refractivity contribution in [1.82, 2.24) is 5.32 Å². The van der Waals surface area contributed by atoms with Gasteiger partial charge in [0.1, 0.15) is 17.1 Å². The average Bonchev–Trinajstić information content (AvgIpc) is 3.79. The zero-order chi connectivity index (χ0) is 32.3. The lowest BCUT2D eigenvalue weighted by Gasteiger charge is -2.09. The van der Waals surface area contributed by atoms with Gasteiger partial charge in [-0.2, -0.15) is 22.7 Å². The van der Waals surface area contributed by atoms with E-state index in [0.29, 0.717) is 0 Å². The number of rotatable bonds is 5. The predicted molar refractivity (Wildman–Crippen MR) is 184 cm³/mol. The number of nitrogens with zero attached hydrogens (tertiary/aromatic N) is 2. The van der Waals surface area contributed by atoms with E-state index < -0.39 is 24.2 Å². The molecule has 2 atom stereocenters. The SMILES string of the molecule is Cl.O=C(O)c1cc2ccccc2cc1O.[C-]#[N+]C(N)c1ccsc1.[C-]#[N+]C(NC(=O)c1cc2ccccc2cc1O)c1ccsc1. The van der Waals surface area contributed by atoms with E-state index >= 15 is 0 Å². The minimum absolute atomic E-state index is 0. The Labute approximate surface area is 278 Å². The second-order valence-electron chi connectivity index (χ2n) is 9.43. The predicted octanol–water partition coefficient (Wildman–Crippen LogP) is 8.24. The lowest BCUT2D eigenvalue weighted by molar-refractivity contribution is 0.0693. The van der Waals surface area contributed by atoms with Crippen LogP contribution in [-0.2, 0) is 0 Å². The van der Waals surface area contributed by atoms with Crippen LogP contribution in [0.4, 0.5) is 0 Å². The van der Waals surface area contributed by atoms with Crippen molar-refractivity contribution in [3.63, 3.8) is 0 Å². The molecular formula is C34H27ClN4O5S2. The maximum atomic E-state index is 12.4. The Morgan fingerprint density at radius 2 is 1.17 bits per heavy atom. The number of phenols is 2. The van der Waals surface area contributed by atoms with Crippen LogP contribution >= 0.6 is 35.1 Å². The summed E-state index contributed by atoms with van der Waals surface area (Å²) >= 11 is 3.03. The van der Waals surface area contributed by atoms with Gasteiger partial charge >= 0.3 is 18.3 Å². The number of carbonyl (C=O) groups is 2. The molecule has 6 aromatic rings. The van der Waals surface area contributed by atoms with E-state index in [9.17, 15) is 19.8 Å². The summed E-state index contributed by atoms with van der Waals surface area (Å²) in [5.74, 6) is -1.87. The largest absolute Gasteiger partial charge is 0.507 e. The molecule has 1 amide bonds. The highest BCUT2D eigenvalue weighted by Gasteiger charge is 2.22. The van der Waals surface area contributed by atoms with E-state index in [1.54, 1.807) is 35.6 Å². The smallest absolute Gasteiger partial charge is 0.339 e. The van der Waals surface area contributed by atoms with Crippen LogP contribution in [0.2, 0.25) is 0 Å². The zero-order valence-electron chi connectivity index (χ0n) is 23.9. The second-order valence-corrected chi connectivity index (χ2v) is 11.0. The number of halogens is 1. The molecule has 2 aromatic heterocycles. The third-order valence-corrected chi connectivity index (χ3v) is 7.89. The molecule has 0 aliphatic carbocycles. The van der Waals surface area contributed by atoms with E-state index in [0.717, 1.165) is 32.7 Å². The van der Waals surface area contributed by atoms with Crippen LogP contribution in [0.5, 0.6) is 11.5 Å². The normalized spacial score (nSPS) is 11.2. The Bertz CT molecular complexity index is 2020. The number of aromatic carboxylic acids is 1. The van der Waals surface area contributed by atoms with Crippen molar-refractivity contribution in [2.75, 3.05) is 0 Å². The molecule has 0 bridgehead atoms. The fourth-order valence-electron chi connectivity index (χ4n) is 4.15. The number of amides is 1. The van der Waals surface area contributed by atoms with Crippen molar-refractivity contribution in [3.8, 4) is 11.5 Å². The van der Waals surface area contributed by atoms with Crippen LogP contribution in [0.1, 0.15) is 44.2 Å². The van der Waals surface area contributed by atoms with E-state index in [1.165, 1.54) is 23.5 Å².